The predicted octanol–water partition coefficient (Wildman–Crippen LogP) is 19.3. The van der Waals surface area contributed by atoms with Crippen LogP contribution in [0.1, 0.15) is 139 Å². The third-order valence-corrected chi connectivity index (χ3v) is 19.5. The highest BCUT2D eigenvalue weighted by molar-refractivity contribution is 6.10. The number of aliphatic hydroxyl groups excluding tert-OH is 3. The van der Waals surface area contributed by atoms with Gasteiger partial charge in [0, 0.05) is 33.3 Å². The first-order chi connectivity index (χ1) is 49.4. The minimum absolute atomic E-state index is 0.0437. The Morgan fingerprint density at radius 3 is 0.902 bits per heavy atom. The van der Waals surface area contributed by atoms with Crippen molar-refractivity contribution < 1.29 is 48.5 Å². The van der Waals surface area contributed by atoms with Gasteiger partial charge in [-0.1, -0.05) is 237 Å². The Bertz CT molecular complexity index is 4260. The molecule has 0 saturated carbocycles. The molecule has 0 aliphatic rings. The number of aliphatic hydroxyl groups is 3. The topological polar surface area (TPSA) is 133 Å². The zero-order chi connectivity index (χ0) is 72.8. The fraction of sp³-hybridized carbons (Fsp3) is 0.207. The summed E-state index contributed by atoms with van der Waals surface area (Å²) < 4.78 is 31.6. The molecule has 3 N–H and O–H groups in total. The van der Waals surface area contributed by atoms with Gasteiger partial charge >= 0.3 is 0 Å². The molecule has 10 heteroatoms. The van der Waals surface area contributed by atoms with Crippen LogP contribution in [-0.4, -0.2) is 63.8 Å². The molecule has 0 atom stereocenters. The van der Waals surface area contributed by atoms with E-state index in [4.69, 9.17) is 28.4 Å². The fourth-order valence-corrected chi connectivity index (χ4v) is 12.7. The van der Waals surface area contributed by atoms with E-state index in [0.29, 0.717) is 22.4 Å². The number of ketones is 1. The minimum atomic E-state index is -0.341. The largest absolute Gasteiger partial charge is 0.497 e. The highest BCUT2D eigenvalue weighted by Gasteiger charge is 2.34. The molecule has 0 unspecified atom stereocenters. The van der Waals surface area contributed by atoms with Crippen LogP contribution in [0.4, 0.5) is 0 Å². The van der Waals surface area contributed by atoms with Crippen molar-refractivity contribution in [1.82, 2.24) is 0 Å². The maximum atomic E-state index is 12.3. The van der Waals surface area contributed by atoms with E-state index in [2.05, 4.69) is 199 Å². The highest BCUT2D eigenvalue weighted by Crippen LogP contribution is 2.43. The zero-order valence-electron chi connectivity index (χ0n) is 60.6. The van der Waals surface area contributed by atoms with Gasteiger partial charge in [-0.2, -0.15) is 0 Å². The van der Waals surface area contributed by atoms with Crippen molar-refractivity contribution in [3.63, 3.8) is 0 Å². The van der Waals surface area contributed by atoms with Crippen LogP contribution >= 0.6 is 0 Å². The standard InChI is InChI=1S/C32H34O.C23H24O3.C22H22O3.C15H14O3/c1-23-7-11-27(12-8-23)32(5,28-13-9-24(2)10-14-28)29-17-15-25(16-18-29)31(3,4)26-19-21-30(33-6)22-20-26;1-23(18-6-4-17(16-24)5-7-18,19-8-12-21(25-2)13-9-19)20-10-14-22(26-3)15-11-20;1-24-20-11-7-18(8-12-20)22(17-5-3-16(15-23)4-6-17)19-9-13-21(25-2)14-10-19;1-18-13-7-8-14(12(9-13)10-16)15(17)11-5-3-2-4-6-11/h7-22H,1-6H3;4-15,24H,16H2,1-3H3;3-14,22-23H,15H2,1-2H3;2-9,16H,10H2,1H3. The van der Waals surface area contributed by atoms with Crippen LogP contribution in [0.2, 0.25) is 0 Å². The molecule has 12 rings (SSSR count). The van der Waals surface area contributed by atoms with E-state index in [0.717, 1.165) is 45.4 Å². The van der Waals surface area contributed by atoms with Gasteiger partial charge in [-0.15, -0.1) is 0 Å². The van der Waals surface area contributed by atoms with Gasteiger partial charge in [0.15, 0.2) is 5.78 Å². The molecular weight excluding hydrogens is 1270 g/mol. The van der Waals surface area contributed by atoms with E-state index in [1.807, 2.05) is 103 Å². The summed E-state index contributed by atoms with van der Waals surface area (Å²) in [6, 6.07) is 98.4. The predicted molar refractivity (Wildman–Crippen MR) is 411 cm³/mol. The van der Waals surface area contributed by atoms with Crippen molar-refractivity contribution in [3.05, 3.63) is 391 Å². The van der Waals surface area contributed by atoms with Crippen molar-refractivity contribution in [2.24, 2.45) is 0 Å². The molecule has 0 radical (unpaired) electrons. The van der Waals surface area contributed by atoms with Crippen molar-refractivity contribution >= 4 is 5.78 Å². The zero-order valence-corrected chi connectivity index (χ0v) is 60.6. The quantitative estimate of drug-likeness (QED) is 0.0445. The Hall–Kier alpha value is -11.0. The molecule has 0 saturated heterocycles. The van der Waals surface area contributed by atoms with E-state index in [1.165, 1.54) is 66.8 Å². The first-order valence-electron chi connectivity index (χ1n) is 34.1. The lowest BCUT2D eigenvalue weighted by atomic mass is 9.70. The summed E-state index contributed by atoms with van der Waals surface area (Å²) in [6.07, 6.45) is 0. The molecule has 0 aliphatic heterocycles. The smallest absolute Gasteiger partial charge is 0.193 e. The molecule has 102 heavy (non-hydrogen) atoms. The Labute approximate surface area is 603 Å². The molecule has 0 aliphatic carbocycles. The summed E-state index contributed by atoms with van der Waals surface area (Å²) in [5, 5.41) is 28.0. The van der Waals surface area contributed by atoms with Crippen LogP contribution in [0.5, 0.6) is 34.5 Å². The molecule has 0 spiro atoms. The monoisotopic (exact) mass is 1360 g/mol. The highest BCUT2D eigenvalue weighted by atomic mass is 16.5. The average molecular weight is 1360 g/mol. The van der Waals surface area contributed by atoms with Gasteiger partial charge in [-0.25, -0.2) is 0 Å². The van der Waals surface area contributed by atoms with Crippen molar-refractivity contribution in [3.8, 4) is 34.5 Å². The van der Waals surface area contributed by atoms with Gasteiger partial charge in [-0.3, -0.25) is 4.79 Å². The van der Waals surface area contributed by atoms with Gasteiger partial charge in [0.25, 0.3) is 0 Å². The third-order valence-electron chi connectivity index (χ3n) is 19.5. The molecule has 0 fully saturated rings. The van der Waals surface area contributed by atoms with E-state index in [9.17, 15) is 20.1 Å². The van der Waals surface area contributed by atoms with Crippen LogP contribution in [0, 0.1) is 13.8 Å². The first kappa shape index (κ1) is 75.2. The summed E-state index contributed by atoms with van der Waals surface area (Å²) in [4.78, 5) is 12.3. The summed E-state index contributed by atoms with van der Waals surface area (Å²) >= 11 is 0. The molecule has 0 heterocycles. The van der Waals surface area contributed by atoms with Gasteiger partial charge in [0.1, 0.15) is 34.5 Å². The second kappa shape index (κ2) is 35.3. The number of benzene rings is 12. The van der Waals surface area contributed by atoms with Crippen LogP contribution in [0.15, 0.2) is 291 Å². The minimum Gasteiger partial charge on any atom is -0.497 e. The van der Waals surface area contributed by atoms with Crippen molar-refractivity contribution in [2.75, 3.05) is 42.7 Å². The molecule has 0 amide bonds. The number of hydrogen-bond donors (Lipinski definition) is 3. The third kappa shape index (κ3) is 17.9. The van der Waals surface area contributed by atoms with Gasteiger partial charge < -0.3 is 43.7 Å². The number of methoxy groups -OCH3 is 6. The van der Waals surface area contributed by atoms with Gasteiger partial charge in [0.2, 0.25) is 0 Å². The summed E-state index contributed by atoms with van der Waals surface area (Å²) in [5.74, 6) is 4.87. The lowest BCUT2D eigenvalue weighted by Gasteiger charge is -2.33. The SMILES string of the molecule is COc1ccc(C(=O)c2ccccc2)c(CO)c1.COc1ccc(C(C)(C)c2ccc(C(C)(c3ccc(C)cc3)c3ccc(C)cc3)cc2)cc1.COc1ccc(C(C)(c2ccc(CO)cc2)c2ccc(OC)cc2)cc1.COc1ccc(C(c2ccc(CO)cc2)c2ccc(OC)cc2)cc1. The number of ether oxygens (including phenoxy) is 6. The molecule has 0 bridgehead atoms. The molecule has 12 aromatic rings. The van der Waals surface area contributed by atoms with Crippen LogP contribution in [-0.2, 0) is 36.1 Å². The molecule has 10 nitrogen and oxygen atoms in total. The number of rotatable bonds is 22. The van der Waals surface area contributed by atoms with E-state index < -0.39 is 0 Å². The van der Waals surface area contributed by atoms with Gasteiger partial charge in [-0.05, 0) is 184 Å². The second-order valence-corrected chi connectivity index (χ2v) is 26.0. The Balaban J connectivity index is 0.000000161. The number of carbonyl (C=O) groups excluding carboxylic acids is 1. The van der Waals surface area contributed by atoms with Crippen molar-refractivity contribution in [1.29, 1.82) is 0 Å². The Kier molecular flexibility index (Phi) is 26.1. The molecular formula is C92H94O10. The molecule has 0 aromatic heterocycles. The van der Waals surface area contributed by atoms with E-state index in [-0.39, 0.29) is 47.8 Å². The summed E-state index contributed by atoms with van der Waals surface area (Å²) in [6.45, 7) is 13.3. The number of aryl methyl sites for hydroxylation is 2. The molecule has 12 aromatic carbocycles. The van der Waals surface area contributed by atoms with Crippen LogP contribution in [0.3, 0.4) is 0 Å². The maximum absolute atomic E-state index is 12.3. The first-order valence-corrected chi connectivity index (χ1v) is 34.1. The fourth-order valence-electron chi connectivity index (χ4n) is 12.7. The van der Waals surface area contributed by atoms with E-state index >= 15 is 0 Å². The summed E-state index contributed by atoms with van der Waals surface area (Å²) in [7, 11) is 9.94. The second-order valence-electron chi connectivity index (χ2n) is 26.0. The molecule has 522 valence electrons. The van der Waals surface area contributed by atoms with Crippen LogP contribution < -0.4 is 28.4 Å². The lowest BCUT2D eigenvalue weighted by Crippen LogP contribution is -2.26. The van der Waals surface area contributed by atoms with Gasteiger partial charge in [0.05, 0.1) is 62.5 Å². The summed E-state index contributed by atoms with van der Waals surface area (Å²) in [5.41, 5.74) is 18.9. The van der Waals surface area contributed by atoms with Crippen molar-refractivity contribution in [2.45, 2.75) is 83.5 Å². The normalized spacial score (nSPS) is 11.1. The van der Waals surface area contributed by atoms with E-state index in [1.54, 1.807) is 73.0 Å². The Morgan fingerprint density at radius 2 is 0.578 bits per heavy atom. The number of carbonyl (C=O) groups is 1. The Morgan fingerprint density at radius 1 is 0.314 bits per heavy atom. The average Bonchev–Trinajstić information content (AvgIpc) is 0.766. The lowest BCUT2D eigenvalue weighted by molar-refractivity contribution is 0.103. The maximum Gasteiger partial charge on any atom is 0.193 e. The van der Waals surface area contributed by atoms with Crippen LogP contribution in [0.25, 0.3) is 0 Å². The number of hydrogen-bond acceptors (Lipinski definition) is 10.